The van der Waals surface area contributed by atoms with Crippen molar-refractivity contribution in [2.75, 3.05) is 59.5 Å². The van der Waals surface area contributed by atoms with E-state index in [1.807, 2.05) is 39.9 Å². The van der Waals surface area contributed by atoms with Gasteiger partial charge in [-0.15, -0.1) is 0 Å². The molecular weight excluding hydrogens is 424 g/mol. The van der Waals surface area contributed by atoms with Gasteiger partial charge in [0, 0.05) is 50.2 Å². The minimum absolute atomic E-state index is 0.0787. The number of rotatable bonds is 7. The van der Waals surface area contributed by atoms with E-state index < -0.39 is 0 Å². The Morgan fingerprint density at radius 3 is 2.18 bits per heavy atom. The van der Waals surface area contributed by atoms with E-state index in [-0.39, 0.29) is 5.91 Å². The smallest absolute Gasteiger partial charge is 0.254 e. The molecule has 0 aliphatic carbocycles. The van der Waals surface area contributed by atoms with Gasteiger partial charge in [-0.25, -0.2) is 4.98 Å². The first kappa shape index (κ1) is 22.3. The fourth-order valence-corrected chi connectivity index (χ4v) is 3.99. The number of methoxy groups -OCH3 is 4. The van der Waals surface area contributed by atoms with Crippen molar-refractivity contribution in [3.8, 4) is 28.7 Å². The summed E-state index contributed by atoms with van der Waals surface area (Å²) >= 11 is 0. The van der Waals surface area contributed by atoms with Crippen molar-refractivity contribution in [1.82, 2.24) is 14.5 Å². The van der Waals surface area contributed by atoms with E-state index in [1.54, 1.807) is 25.4 Å². The normalized spacial score (nSPS) is 13.6. The molecule has 9 heteroatoms. The Hall–Kier alpha value is -3.88. The predicted molar refractivity (Wildman–Crippen MR) is 124 cm³/mol. The molecule has 4 rings (SSSR count). The molecule has 0 unspecified atom stereocenters. The van der Waals surface area contributed by atoms with Crippen LogP contribution in [0.5, 0.6) is 23.0 Å². The Labute approximate surface area is 193 Å². The highest BCUT2D eigenvalue weighted by atomic mass is 16.5. The van der Waals surface area contributed by atoms with Gasteiger partial charge in [-0.3, -0.25) is 9.36 Å². The van der Waals surface area contributed by atoms with E-state index in [9.17, 15) is 4.79 Å². The molecule has 1 fully saturated rings. The van der Waals surface area contributed by atoms with Crippen LogP contribution >= 0.6 is 0 Å². The number of ether oxygens (including phenoxy) is 4. The molecular formula is C24H28N4O5. The highest BCUT2D eigenvalue weighted by molar-refractivity contribution is 5.95. The summed E-state index contributed by atoms with van der Waals surface area (Å²) in [6.45, 7) is 2.47. The second kappa shape index (κ2) is 9.72. The fourth-order valence-electron chi connectivity index (χ4n) is 3.99. The molecule has 0 radical (unpaired) electrons. The molecule has 9 nitrogen and oxygen atoms in total. The van der Waals surface area contributed by atoms with E-state index in [0.717, 1.165) is 17.4 Å². The molecule has 0 bridgehead atoms. The number of hydrogen-bond acceptors (Lipinski definition) is 7. The molecule has 1 amide bonds. The number of carbonyl (C=O) groups is 1. The Bertz CT molecular complexity index is 1100. The standard InChI is InChI=1S/C24H28N4O5/c1-30-19-7-5-6-18(16-19)28-9-8-25-24(28)27-12-10-26(11-13-27)23(29)17-14-20(31-2)22(33-4)21(15-17)32-3/h5-9,14-16H,10-13H2,1-4H3. The summed E-state index contributed by atoms with van der Waals surface area (Å²) in [6.07, 6.45) is 3.71. The molecule has 1 aliphatic heterocycles. The number of hydrogen-bond donors (Lipinski definition) is 0. The maximum absolute atomic E-state index is 13.2. The molecule has 3 aromatic rings. The zero-order valence-electron chi connectivity index (χ0n) is 19.3. The highest BCUT2D eigenvalue weighted by Gasteiger charge is 2.26. The van der Waals surface area contributed by atoms with Crippen LogP contribution in [0.25, 0.3) is 5.69 Å². The molecule has 2 aromatic carbocycles. The number of piperazine rings is 1. The predicted octanol–water partition coefficient (Wildman–Crippen LogP) is 2.87. The Kier molecular flexibility index (Phi) is 6.58. The number of imidazole rings is 1. The van der Waals surface area contributed by atoms with Gasteiger partial charge in [0.1, 0.15) is 5.75 Å². The quantitative estimate of drug-likeness (QED) is 0.545. The first-order valence-electron chi connectivity index (χ1n) is 10.6. The van der Waals surface area contributed by atoms with Gasteiger partial charge in [-0.2, -0.15) is 0 Å². The minimum Gasteiger partial charge on any atom is -0.497 e. The van der Waals surface area contributed by atoms with Crippen molar-refractivity contribution >= 4 is 11.9 Å². The van der Waals surface area contributed by atoms with Gasteiger partial charge in [-0.1, -0.05) is 6.07 Å². The van der Waals surface area contributed by atoms with E-state index in [4.69, 9.17) is 18.9 Å². The van der Waals surface area contributed by atoms with Gasteiger partial charge in [0.15, 0.2) is 11.5 Å². The molecule has 1 aliphatic rings. The van der Waals surface area contributed by atoms with Crippen molar-refractivity contribution < 1.29 is 23.7 Å². The molecule has 174 valence electrons. The maximum atomic E-state index is 13.2. The Morgan fingerprint density at radius 2 is 1.58 bits per heavy atom. The van der Waals surface area contributed by atoms with Crippen molar-refractivity contribution in [1.29, 1.82) is 0 Å². The van der Waals surface area contributed by atoms with Crippen LogP contribution < -0.4 is 23.8 Å². The zero-order valence-corrected chi connectivity index (χ0v) is 19.3. The highest BCUT2D eigenvalue weighted by Crippen LogP contribution is 2.38. The lowest BCUT2D eigenvalue weighted by Crippen LogP contribution is -2.49. The second-order valence-electron chi connectivity index (χ2n) is 7.49. The summed E-state index contributed by atoms with van der Waals surface area (Å²) in [5.74, 6) is 2.92. The summed E-state index contributed by atoms with van der Waals surface area (Å²) in [7, 11) is 6.26. The number of anilines is 1. The Morgan fingerprint density at radius 1 is 0.879 bits per heavy atom. The first-order valence-corrected chi connectivity index (χ1v) is 10.6. The second-order valence-corrected chi connectivity index (χ2v) is 7.49. The number of amides is 1. The SMILES string of the molecule is COc1cccc(-n2ccnc2N2CCN(C(=O)c3cc(OC)c(OC)c(OC)c3)CC2)c1. The third kappa shape index (κ3) is 4.39. The van der Waals surface area contributed by atoms with Crippen LogP contribution in [0, 0.1) is 0 Å². The lowest BCUT2D eigenvalue weighted by atomic mass is 10.1. The van der Waals surface area contributed by atoms with E-state index in [0.29, 0.717) is 49.0 Å². The third-order valence-corrected chi connectivity index (χ3v) is 5.71. The third-order valence-electron chi connectivity index (χ3n) is 5.71. The number of aromatic nitrogens is 2. The molecule has 0 atom stereocenters. The summed E-state index contributed by atoms with van der Waals surface area (Å²) in [4.78, 5) is 21.8. The minimum atomic E-state index is -0.0787. The summed E-state index contributed by atoms with van der Waals surface area (Å²) in [5, 5.41) is 0. The van der Waals surface area contributed by atoms with Crippen LogP contribution in [-0.4, -0.2) is 75.0 Å². The molecule has 2 heterocycles. The molecule has 1 saturated heterocycles. The van der Waals surface area contributed by atoms with Crippen molar-refractivity contribution in [3.63, 3.8) is 0 Å². The van der Waals surface area contributed by atoms with Crippen LogP contribution in [0.4, 0.5) is 5.95 Å². The van der Waals surface area contributed by atoms with E-state index in [2.05, 4.69) is 9.88 Å². The fraction of sp³-hybridized carbons (Fsp3) is 0.333. The maximum Gasteiger partial charge on any atom is 0.254 e. The van der Waals surface area contributed by atoms with Crippen LogP contribution in [0.3, 0.4) is 0 Å². The zero-order chi connectivity index (χ0) is 23.4. The topological polar surface area (TPSA) is 78.3 Å². The molecule has 33 heavy (non-hydrogen) atoms. The lowest BCUT2D eigenvalue weighted by molar-refractivity contribution is 0.0745. The van der Waals surface area contributed by atoms with Crippen molar-refractivity contribution in [2.45, 2.75) is 0 Å². The van der Waals surface area contributed by atoms with Crippen LogP contribution in [-0.2, 0) is 0 Å². The van der Waals surface area contributed by atoms with Crippen molar-refractivity contribution in [3.05, 3.63) is 54.4 Å². The van der Waals surface area contributed by atoms with Gasteiger partial charge in [-0.05, 0) is 24.3 Å². The lowest BCUT2D eigenvalue weighted by Gasteiger charge is -2.35. The Balaban J connectivity index is 1.49. The monoisotopic (exact) mass is 452 g/mol. The van der Waals surface area contributed by atoms with E-state index >= 15 is 0 Å². The van der Waals surface area contributed by atoms with E-state index in [1.165, 1.54) is 21.3 Å². The number of carbonyl (C=O) groups excluding carboxylic acids is 1. The average molecular weight is 453 g/mol. The van der Waals surface area contributed by atoms with Gasteiger partial charge in [0.25, 0.3) is 5.91 Å². The van der Waals surface area contributed by atoms with Crippen LogP contribution in [0.2, 0.25) is 0 Å². The van der Waals surface area contributed by atoms with Crippen molar-refractivity contribution in [2.24, 2.45) is 0 Å². The number of nitrogens with zero attached hydrogens (tertiary/aromatic N) is 4. The summed E-state index contributed by atoms with van der Waals surface area (Å²) in [5.41, 5.74) is 1.47. The molecule has 0 saturated carbocycles. The average Bonchev–Trinajstić information content (AvgIpc) is 3.37. The molecule has 1 aromatic heterocycles. The van der Waals surface area contributed by atoms with Gasteiger partial charge in [0.2, 0.25) is 11.7 Å². The van der Waals surface area contributed by atoms with Crippen LogP contribution in [0.15, 0.2) is 48.8 Å². The largest absolute Gasteiger partial charge is 0.497 e. The van der Waals surface area contributed by atoms with Crippen LogP contribution in [0.1, 0.15) is 10.4 Å². The summed E-state index contributed by atoms with van der Waals surface area (Å²) in [6, 6.07) is 11.2. The van der Waals surface area contributed by atoms with Gasteiger partial charge in [0.05, 0.1) is 34.1 Å². The number of benzene rings is 2. The molecule has 0 spiro atoms. The first-order chi connectivity index (χ1) is 16.1. The van der Waals surface area contributed by atoms with Gasteiger partial charge < -0.3 is 28.7 Å². The summed E-state index contributed by atoms with van der Waals surface area (Å²) < 4.78 is 23.5. The molecule has 0 N–H and O–H groups in total. The van der Waals surface area contributed by atoms with Gasteiger partial charge >= 0.3 is 0 Å².